The van der Waals surface area contributed by atoms with Crippen molar-refractivity contribution in [2.24, 2.45) is 7.05 Å². The zero-order valence-corrected chi connectivity index (χ0v) is 14.2. The molecule has 0 saturated carbocycles. The third-order valence-corrected chi connectivity index (χ3v) is 4.69. The molecule has 0 bridgehead atoms. The number of benzene rings is 1. The summed E-state index contributed by atoms with van der Waals surface area (Å²) >= 11 is 0. The quantitative estimate of drug-likeness (QED) is 0.578. The van der Waals surface area contributed by atoms with Crippen LogP contribution in [0.4, 0.5) is 0 Å². The van der Waals surface area contributed by atoms with Crippen LogP contribution in [0.25, 0.3) is 0 Å². The lowest BCUT2D eigenvalue weighted by atomic mass is 10.1. The third kappa shape index (κ3) is 5.40. The van der Waals surface area contributed by atoms with Gasteiger partial charge < -0.3 is 10.4 Å². The van der Waals surface area contributed by atoms with Crippen LogP contribution in [-0.2, 0) is 33.1 Å². The van der Waals surface area contributed by atoms with E-state index in [0.29, 0.717) is 0 Å². The van der Waals surface area contributed by atoms with E-state index in [4.69, 9.17) is 0 Å². The van der Waals surface area contributed by atoms with E-state index in [1.165, 1.54) is 10.9 Å². The van der Waals surface area contributed by atoms with Crippen LogP contribution >= 0.6 is 0 Å². The van der Waals surface area contributed by atoms with Crippen molar-refractivity contribution in [1.29, 1.82) is 0 Å². The lowest BCUT2D eigenvalue weighted by Gasteiger charge is -2.15. The first-order chi connectivity index (χ1) is 11.8. The summed E-state index contributed by atoms with van der Waals surface area (Å²) in [5.41, 5.74) is 0.742. The molecule has 0 radical (unpaired) electrons. The molecule has 0 aliphatic rings. The number of aromatic nitrogens is 2. The maximum Gasteiger partial charge on any atom is 0.326 e. The van der Waals surface area contributed by atoms with Gasteiger partial charge in [-0.2, -0.15) is 5.10 Å². The summed E-state index contributed by atoms with van der Waals surface area (Å²) in [5.74, 6) is -1.94. The second-order valence-corrected chi connectivity index (χ2v) is 7.09. The molecule has 2 rings (SSSR count). The van der Waals surface area contributed by atoms with Crippen molar-refractivity contribution in [1.82, 2.24) is 19.8 Å². The van der Waals surface area contributed by atoms with Gasteiger partial charge in [-0.3, -0.25) is 9.48 Å². The average Bonchev–Trinajstić information content (AvgIpc) is 3.01. The van der Waals surface area contributed by atoms with E-state index in [0.717, 1.165) is 11.8 Å². The molecule has 1 atom stereocenters. The highest BCUT2D eigenvalue weighted by Gasteiger charge is 2.22. The van der Waals surface area contributed by atoms with Crippen molar-refractivity contribution < 1.29 is 23.1 Å². The SMILES string of the molecule is Cn1cc(S(=O)(=O)NCC(=O)N[C@@H](Cc2ccccc2)C(=O)O)cn1. The Balaban J connectivity index is 1.94. The molecule has 9 nitrogen and oxygen atoms in total. The maximum atomic E-state index is 12.0. The van der Waals surface area contributed by atoms with Crippen molar-refractivity contribution >= 4 is 21.9 Å². The van der Waals surface area contributed by atoms with Gasteiger partial charge in [0.25, 0.3) is 0 Å². The molecular formula is C15H18N4O5S. The lowest BCUT2D eigenvalue weighted by Crippen LogP contribution is -2.46. The maximum absolute atomic E-state index is 12.0. The molecular weight excluding hydrogens is 348 g/mol. The number of carbonyl (C=O) groups excluding carboxylic acids is 1. The number of aryl methyl sites for hydroxylation is 1. The van der Waals surface area contributed by atoms with Gasteiger partial charge in [-0.05, 0) is 5.56 Å². The number of carboxylic acids is 1. The first-order valence-corrected chi connectivity index (χ1v) is 8.80. The summed E-state index contributed by atoms with van der Waals surface area (Å²) in [7, 11) is -2.33. The van der Waals surface area contributed by atoms with Crippen LogP contribution in [0.3, 0.4) is 0 Å². The molecule has 1 heterocycles. The van der Waals surface area contributed by atoms with E-state index < -0.39 is 34.5 Å². The number of carboxylic acid groups (broad SMARTS) is 1. The summed E-state index contributed by atoms with van der Waals surface area (Å²) in [6.07, 6.45) is 2.53. The molecule has 10 heteroatoms. The zero-order valence-electron chi connectivity index (χ0n) is 13.4. The van der Waals surface area contributed by atoms with Crippen LogP contribution in [0.5, 0.6) is 0 Å². The van der Waals surface area contributed by atoms with Crippen molar-refractivity contribution in [3.05, 3.63) is 48.3 Å². The van der Waals surface area contributed by atoms with Gasteiger partial charge in [0.05, 0.1) is 12.7 Å². The topological polar surface area (TPSA) is 130 Å². The van der Waals surface area contributed by atoms with Gasteiger partial charge >= 0.3 is 5.97 Å². The van der Waals surface area contributed by atoms with Crippen molar-refractivity contribution in [2.75, 3.05) is 6.54 Å². The Morgan fingerprint density at radius 3 is 2.52 bits per heavy atom. The van der Waals surface area contributed by atoms with E-state index in [2.05, 4.69) is 15.1 Å². The second kappa shape index (κ2) is 7.90. The third-order valence-electron chi connectivity index (χ3n) is 3.33. The van der Waals surface area contributed by atoms with Crippen molar-refractivity contribution in [3.63, 3.8) is 0 Å². The largest absolute Gasteiger partial charge is 0.480 e. The predicted octanol–water partition coefficient (Wildman–Crippen LogP) is -0.489. The number of nitrogens with one attached hydrogen (secondary N) is 2. The van der Waals surface area contributed by atoms with Crippen molar-refractivity contribution in [3.8, 4) is 0 Å². The minimum atomic E-state index is -3.89. The Kier molecular flexibility index (Phi) is 5.88. The first-order valence-electron chi connectivity index (χ1n) is 7.32. The fourth-order valence-electron chi connectivity index (χ4n) is 2.08. The zero-order chi connectivity index (χ0) is 18.4. The minimum absolute atomic E-state index is 0.0816. The molecule has 0 fully saturated rings. The molecule has 25 heavy (non-hydrogen) atoms. The summed E-state index contributed by atoms with van der Waals surface area (Å²) < 4.78 is 27.4. The van der Waals surface area contributed by atoms with E-state index in [-0.39, 0.29) is 11.3 Å². The lowest BCUT2D eigenvalue weighted by molar-refractivity contribution is -0.141. The number of amides is 1. The summed E-state index contributed by atoms with van der Waals surface area (Å²) in [5, 5.41) is 15.3. The van der Waals surface area contributed by atoms with E-state index >= 15 is 0 Å². The normalized spacial score (nSPS) is 12.5. The molecule has 0 aliphatic carbocycles. The monoisotopic (exact) mass is 366 g/mol. The smallest absolute Gasteiger partial charge is 0.326 e. The molecule has 0 aliphatic heterocycles. The number of rotatable bonds is 8. The molecule has 3 N–H and O–H groups in total. The van der Waals surface area contributed by atoms with Crippen LogP contribution < -0.4 is 10.0 Å². The molecule has 0 unspecified atom stereocenters. The molecule has 2 aromatic rings. The van der Waals surface area contributed by atoms with Crippen LogP contribution in [0.1, 0.15) is 5.56 Å². The molecule has 1 amide bonds. The average molecular weight is 366 g/mol. The van der Waals surface area contributed by atoms with Crippen molar-refractivity contribution in [2.45, 2.75) is 17.4 Å². The van der Waals surface area contributed by atoms with E-state index in [9.17, 15) is 23.1 Å². The van der Waals surface area contributed by atoms with Gasteiger partial charge in [0.15, 0.2) is 0 Å². The number of hydrogen-bond acceptors (Lipinski definition) is 5. The Bertz CT molecular complexity index is 848. The van der Waals surface area contributed by atoms with Crippen LogP contribution in [0.2, 0.25) is 0 Å². The summed E-state index contributed by atoms with van der Waals surface area (Å²) in [6, 6.07) is 7.65. The standard InChI is InChI=1S/C15H18N4O5S/c1-19-10-12(8-16-19)25(23,24)17-9-14(20)18-13(15(21)22)7-11-5-3-2-4-6-11/h2-6,8,10,13,17H,7,9H2,1H3,(H,18,20)(H,21,22)/t13-/m0/s1. The molecule has 1 aromatic carbocycles. The van der Waals surface area contributed by atoms with Gasteiger partial charge in [-0.1, -0.05) is 30.3 Å². The van der Waals surface area contributed by atoms with Gasteiger partial charge in [-0.15, -0.1) is 0 Å². The number of sulfonamides is 1. The number of aliphatic carboxylic acids is 1. The van der Waals surface area contributed by atoms with E-state index in [1.807, 2.05) is 0 Å². The molecule has 0 saturated heterocycles. The Morgan fingerprint density at radius 2 is 1.96 bits per heavy atom. The highest BCUT2D eigenvalue weighted by atomic mass is 32.2. The van der Waals surface area contributed by atoms with Gasteiger partial charge in [0.2, 0.25) is 15.9 Å². The number of carbonyl (C=O) groups is 2. The molecule has 134 valence electrons. The number of hydrogen-bond donors (Lipinski definition) is 3. The van der Waals surface area contributed by atoms with Gasteiger partial charge in [0.1, 0.15) is 10.9 Å². The fourth-order valence-corrected chi connectivity index (χ4v) is 3.04. The van der Waals surface area contributed by atoms with Gasteiger partial charge in [-0.25, -0.2) is 17.9 Å². The Labute approximate surface area is 144 Å². The summed E-state index contributed by atoms with van der Waals surface area (Å²) in [4.78, 5) is 23.1. The van der Waals surface area contributed by atoms with E-state index in [1.54, 1.807) is 37.4 Å². The Hall–Kier alpha value is -2.72. The fraction of sp³-hybridized carbons (Fsp3) is 0.267. The molecule has 0 spiro atoms. The second-order valence-electron chi connectivity index (χ2n) is 5.32. The predicted molar refractivity (Wildman–Crippen MR) is 88.1 cm³/mol. The highest BCUT2D eigenvalue weighted by molar-refractivity contribution is 7.89. The van der Waals surface area contributed by atoms with Crippen LogP contribution in [-0.4, -0.2) is 47.8 Å². The number of nitrogens with zero attached hydrogens (tertiary/aromatic N) is 2. The van der Waals surface area contributed by atoms with Crippen LogP contribution in [0, 0.1) is 0 Å². The first kappa shape index (κ1) is 18.6. The minimum Gasteiger partial charge on any atom is -0.480 e. The van der Waals surface area contributed by atoms with Gasteiger partial charge in [0, 0.05) is 19.7 Å². The summed E-state index contributed by atoms with van der Waals surface area (Å²) in [6.45, 7) is -0.574. The molecule has 1 aromatic heterocycles. The van der Waals surface area contributed by atoms with Crippen LogP contribution in [0.15, 0.2) is 47.6 Å². The Morgan fingerprint density at radius 1 is 1.28 bits per heavy atom. The highest BCUT2D eigenvalue weighted by Crippen LogP contribution is 2.06.